The van der Waals surface area contributed by atoms with Crippen LogP contribution in [-0.2, 0) is 27.8 Å². The molecule has 1 saturated heterocycles. The molecule has 1 heterocycles. The smallest absolute Gasteiger partial charge is 0.243 e. The van der Waals surface area contributed by atoms with E-state index in [0.717, 1.165) is 30.4 Å². The quantitative estimate of drug-likeness (QED) is 0.770. The van der Waals surface area contributed by atoms with Gasteiger partial charge in [0.15, 0.2) is 0 Å². The lowest BCUT2D eigenvalue weighted by atomic mass is 10.1. The second-order valence-corrected chi connectivity index (χ2v) is 8.96. The van der Waals surface area contributed by atoms with E-state index in [1.165, 1.54) is 16.4 Å². The number of carbonyl (C=O) groups excluding carboxylic acids is 1. The lowest BCUT2D eigenvalue weighted by molar-refractivity contribution is -0.121. The van der Waals surface area contributed by atoms with E-state index in [1.54, 1.807) is 36.4 Å². The SMILES string of the molecule is O=C(CCc1cccc(F)c1)NCc1cccc(S(=O)(=O)N2CCCCC2)c1. The van der Waals surface area contributed by atoms with Gasteiger partial charge in [0.05, 0.1) is 4.90 Å². The van der Waals surface area contributed by atoms with Crippen LogP contribution in [0.25, 0.3) is 0 Å². The monoisotopic (exact) mass is 404 g/mol. The molecule has 7 heteroatoms. The highest BCUT2D eigenvalue weighted by Gasteiger charge is 2.25. The maximum atomic E-state index is 13.2. The van der Waals surface area contributed by atoms with Crippen LogP contribution in [0, 0.1) is 5.82 Å². The lowest BCUT2D eigenvalue weighted by Gasteiger charge is -2.26. The summed E-state index contributed by atoms with van der Waals surface area (Å²) < 4.78 is 40.3. The number of piperidine rings is 1. The fourth-order valence-corrected chi connectivity index (χ4v) is 4.90. The molecule has 0 spiro atoms. The number of aryl methyl sites for hydroxylation is 1. The predicted molar refractivity (Wildman–Crippen MR) is 106 cm³/mol. The van der Waals surface area contributed by atoms with Gasteiger partial charge in [0.2, 0.25) is 15.9 Å². The number of rotatable bonds is 7. The summed E-state index contributed by atoms with van der Waals surface area (Å²) in [7, 11) is -3.49. The van der Waals surface area contributed by atoms with E-state index >= 15 is 0 Å². The molecule has 2 aromatic rings. The first-order valence-corrected chi connectivity index (χ1v) is 11.0. The summed E-state index contributed by atoms with van der Waals surface area (Å²) in [4.78, 5) is 12.3. The van der Waals surface area contributed by atoms with Gasteiger partial charge in [0.1, 0.15) is 5.82 Å². The Bertz CT molecular complexity index is 925. The molecule has 0 bridgehead atoms. The van der Waals surface area contributed by atoms with Crippen LogP contribution in [0.4, 0.5) is 4.39 Å². The van der Waals surface area contributed by atoms with Crippen LogP contribution in [0.3, 0.4) is 0 Å². The summed E-state index contributed by atoms with van der Waals surface area (Å²) in [6.45, 7) is 1.37. The summed E-state index contributed by atoms with van der Waals surface area (Å²) in [5, 5.41) is 2.80. The lowest BCUT2D eigenvalue weighted by Crippen LogP contribution is -2.35. The minimum atomic E-state index is -3.49. The fourth-order valence-electron chi connectivity index (χ4n) is 3.31. The van der Waals surface area contributed by atoms with Crippen molar-refractivity contribution in [2.45, 2.75) is 43.5 Å². The number of halogens is 1. The third-order valence-corrected chi connectivity index (χ3v) is 6.77. The minimum absolute atomic E-state index is 0.159. The molecule has 1 aliphatic rings. The molecule has 1 amide bonds. The topological polar surface area (TPSA) is 66.5 Å². The Hall–Kier alpha value is -2.25. The van der Waals surface area contributed by atoms with Crippen molar-refractivity contribution in [1.29, 1.82) is 0 Å². The van der Waals surface area contributed by atoms with E-state index in [-0.39, 0.29) is 29.6 Å². The first-order chi connectivity index (χ1) is 13.4. The highest BCUT2D eigenvalue weighted by molar-refractivity contribution is 7.89. The Morgan fingerprint density at radius 2 is 1.71 bits per heavy atom. The van der Waals surface area contributed by atoms with Crippen LogP contribution in [-0.4, -0.2) is 31.7 Å². The third-order valence-electron chi connectivity index (χ3n) is 4.87. The first kappa shape index (κ1) is 20.5. The van der Waals surface area contributed by atoms with Gasteiger partial charge >= 0.3 is 0 Å². The summed E-state index contributed by atoms with van der Waals surface area (Å²) in [6, 6.07) is 12.9. The number of hydrogen-bond acceptors (Lipinski definition) is 3. The Balaban J connectivity index is 1.56. The molecule has 0 aliphatic carbocycles. The van der Waals surface area contributed by atoms with Crippen molar-refractivity contribution < 1.29 is 17.6 Å². The van der Waals surface area contributed by atoms with Crippen molar-refractivity contribution >= 4 is 15.9 Å². The zero-order valence-electron chi connectivity index (χ0n) is 15.7. The van der Waals surface area contributed by atoms with Crippen LogP contribution >= 0.6 is 0 Å². The molecule has 0 atom stereocenters. The molecule has 0 radical (unpaired) electrons. The Kier molecular flexibility index (Phi) is 6.80. The van der Waals surface area contributed by atoms with Crippen molar-refractivity contribution in [3.8, 4) is 0 Å². The van der Waals surface area contributed by atoms with Crippen LogP contribution in [0.2, 0.25) is 0 Å². The number of carbonyl (C=O) groups is 1. The van der Waals surface area contributed by atoms with E-state index in [9.17, 15) is 17.6 Å². The molecular weight excluding hydrogens is 379 g/mol. The molecule has 1 fully saturated rings. The number of sulfonamides is 1. The van der Waals surface area contributed by atoms with Gasteiger partial charge in [-0.25, -0.2) is 12.8 Å². The second-order valence-electron chi connectivity index (χ2n) is 7.02. The summed E-state index contributed by atoms with van der Waals surface area (Å²) in [5.41, 5.74) is 1.50. The van der Waals surface area contributed by atoms with Crippen molar-refractivity contribution in [1.82, 2.24) is 9.62 Å². The Morgan fingerprint density at radius 3 is 2.46 bits per heavy atom. The molecular formula is C21H25FN2O3S. The zero-order chi connectivity index (χ0) is 20.0. The minimum Gasteiger partial charge on any atom is -0.352 e. The summed E-state index contributed by atoms with van der Waals surface area (Å²) in [6.07, 6.45) is 3.54. The van der Waals surface area contributed by atoms with Crippen LogP contribution in [0.5, 0.6) is 0 Å². The van der Waals surface area contributed by atoms with Gasteiger partial charge in [-0.3, -0.25) is 4.79 Å². The first-order valence-electron chi connectivity index (χ1n) is 9.55. The fraction of sp³-hybridized carbons (Fsp3) is 0.381. The maximum Gasteiger partial charge on any atom is 0.243 e. The molecule has 3 rings (SSSR count). The van der Waals surface area contributed by atoms with Crippen molar-refractivity contribution in [2.75, 3.05) is 13.1 Å². The van der Waals surface area contributed by atoms with E-state index < -0.39 is 10.0 Å². The van der Waals surface area contributed by atoms with Gasteiger partial charge in [-0.15, -0.1) is 0 Å². The number of benzene rings is 2. The predicted octanol–water partition coefficient (Wildman–Crippen LogP) is 3.25. The zero-order valence-corrected chi connectivity index (χ0v) is 16.6. The molecule has 2 aromatic carbocycles. The molecule has 1 N–H and O–H groups in total. The van der Waals surface area contributed by atoms with Gasteiger partial charge in [-0.1, -0.05) is 30.7 Å². The number of amides is 1. The van der Waals surface area contributed by atoms with E-state index in [1.807, 2.05) is 0 Å². The molecule has 0 saturated carbocycles. The van der Waals surface area contributed by atoms with Gasteiger partial charge < -0.3 is 5.32 Å². The van der Waals surface area contributed by atoms with Crippen molar-refractivity contribution in [2.24, 2.45) is 0 Å². The molecule has 1 aliphatic heterocycles. The second kappa shape index (κ2) is 9.30. The Morgan fingerprint density at radius 1 is 1.00 bits per heavy atom. The average Bonchev–Trinajstić information content (AvgIpc) is 2.71. The Labute approximate surface area is 165 Å². The molecule has 0 aromatic heterocycles. The standard InChI is InChI=1S/C21H25FN2O3S/c22-19-8-4-6-17(14-19)10-11-21(25)23-16-18-7-5-9-20(15-18)28(26,27)24-12-2-1-3-13-24/h4-9,14-15H,1-3,10-13,16H2,(H,23,25). The van der Waals surface area contributed by atoms with Crippen LogP contribution < -0.4 is 5.32 Å². The van der Waals surface area contributed by atoms with Crippen molar-refractivity contribution in [3.63, 3.8) is 0 Å². The molecule has 150 valence electrons. The third kappa shape index (κ3) is 5.39. The van der Waals surface area contributed by atoms with Crippen LogP contribution in [0.15, 0.2) is 53.4 Å². The van der Waals surface area contributed by atoms with Gasteiger partial charge in [0, 0.05) is 26.1 Å². The largest absolute Gasteiger partial charge is 0.352 e. The van der Waals surface area contributed by atoms with Gasteiger partial charge in [-0.2, -0.15) is 4.31 Å². The highest BCUT2D eigenvalue weighted by Crippen LogP contribution is 2.21. The number of hydrogen-bond donors (Lipinski definition) is 1. The van der Waals surface area contributed by atoms with Crippen LogP contribution in [0.1, 0.15) is 36.8 Å². The summed E-state index contributed by atoms with van der Waals surface area (Å²) in [5.74, 6) is -0.474. The van der Waals surface area contributed by atoms with E-state index in [0.29, 0.717) is 19.5 Å². The maximum absolute atomic E-state index is 13.2. The van der Waals surface area contributed by atoms with E-state index in [4.69, 9.17) is 0 Å². The van der Waals surface area contributed by atoms with Crippen molar-refractivity contribution in [3.05, 3.63) is 65.5 Å². The highest BCUT2D eigenvalue weighted by atomic mass is 32.2. The van der Waals surface area contributed by atoms with Gasteiger partial charge in [0.25, 0.3) is 0 Å². The normalized spacial score (nSPS) is 15.3. The van der Waals surface area contributed by atoms with Gasteiger partial charge in [-0.05, 0) is 54.7 Å². The average molecular weight is 405 g/mol. The van der Waals surface area contributed by atoms with E-state index in [2.05, 4.69) is 5.32 Å². The molecule has 5 nitrogen and oxygen atoms in total. The number of nitrogens with one attached hydrogen (secondary N) is 1. The summed E-state index contributed by atoms with van der Waals surface area (Å²) >= 11 is 0. The molecule has 0 unspecified atom stereocenters. The number of nitrogens with zero attached hydrogens (tertiary/aromatic N) is 1. The molecule has 28 heavy (non-hydrogen) atoms.